The third-order valence-corrected chi connectivity index (χ3v) is 5.22. The fourth-order valence-corrected chi connectivity index (χ4v) is 3.42. The van der Waals surface area contributed by atoms with Gasteiger partial charge in [-0.05, 0) is 37.6 Å². The maximum Gasteiger partial charge on any atom is 0.0586 e. The maximum absolute atomic E-state index is 9.30. The van der Waals surface area contributed by atoms with Crippen molar-refractivity contribution in [1.29, 1.82) is 0 Å². The van der Waals surface area contributed by atoms with Crippen LogP contribution in [0.1, 0.15) is 39.5 Å². The quantitative estimate of drug-likeness (QED) is 0.755. The summed E-state index contributed by atoms with van der Waals surface area (Å²) in [6.45, 7) is 7.17. The van der Waals surface area contributed by atoms with Gasteiger partial charge in [0.15, 0.2) is 0 Å². The van der Waals surface area contributed by atoms with Crippen molar-refractivity contribution in [2.24, 2.45) is 5.41 Å². The van der Waals surface area contributed by atoms with E-state index in [2.05, 4.69) is 34.7 Å². The first-order valence-corrected chi connectivity index (χ1v) is 7.24. The number of halogens is 1. The van der Waals surface area contributed by atoms with E-state index in [1.165, 1.54) is 32.2 Å². The highest BCUT2D eigenvalue weighted by Crippen LogP contribution is 2.32. The van der Waals surface area contributed by atoms with E-state index in [4.69, 9.17) is 0 Å². The van der Waals surface area contributed by atoms with E-state index in [-0.39, 0.29) is 0 Å². The van der Waals surface area contributed by atoms with Gasteiger partial charge < -0.3 is 5.11 Å². The van der Waals surface area contributed by atoms with Crippen molar-refractivity contribution in [1.82, 2.24) is 4.90 Å². The van der Waals surface area contributed by atoms with Gasteiger partial charge in [0.1, 0.15) is 0 Å². The number of aliphatic hydroxyl groups is 1. The summed E-state index contributed by atoms with van der Waals surface area (Å²) in [6, 6.07) is 0.418. The summed E-state index contributed by atoms with van der Waals surface area (Å²) in [6.07, 6.45) is 4.84. The Morgan fingerprint density at radius 2 is 2.07 bits per heavy atom. The van der Waals surface area contributed by atoms with Crippen LogP contribution in [0.15, 0.2) is 0 Å². The summed E-state index contributed by atoms with van der Waals surface area (Å²) in [5.41, 5.74) is 0.401. The summed E-state index contributed by atoms with van der Waals surface area (Å²) in [5, 5.41) is 10.4. The van der Waals surface area contributed by atoms with Crippen molar-refractivity contribution in [2.45, 2.75) is 45.6 Å². The van der Waals surface area contributed by atoms with Crippen molar-refractivity contribution in [3.63, 3.8) is 0 Å². The molecule has 0 aromatic heterocycles. The van der Waals surface area contributed by atoms with Crippen molar-refractivity contribution in [2.75, 3.05) is 25.0 Å². The lowest BCUT2D eigenvalue weighted by atomic mass is 9.84. The Balaban J connectivity index is 2.57. The van der Waals surface area contributed by atoms with E-state index in [1.807, 2.05) is 0 Å². The topological polar surface area (TPSA) is 23.5 Å². The zero-order valence-corrected chi connectivity index (χ0v) is 11.6. The first-order valence-electron chi connectivity index (χ1n) is 6.12. The van der Waals surface area contributed by atoms with Crippen LogP contribution in [-0.4, -0.2) is 41.1 Å². The molecule has 90 valence electrons. The van der Waals surface area contributed by atoms with E-state index in [0.717, 1.165) is 11.9 Å². The molecule has 3 heteroatoms. The van der Waals surface area contributed by atoms with E-state index in [1.54, 1.807) is 0 Å². The number of nitrogens with zero attached hydrogens (tertiary/aromatic N) is 1. The summed E-state index contributed by atoms with van der Waals surface area (Å²) in [7, 11) is 0. The SMILES string of the molecule is CCC(CC)(CBr)CN1CCCC1CO. The molecule has 0 aromatic rings. The molecule has 0 aromatic carbocycles. The molecule has 0 aliphatic carbocycles. The van der Waals surface area contributed by atoms with Gasteiger partial charge in [0, 0.05) is 17.9 Å². The fraction of sp³-hybridized carbons (Fsp3) is 1.00. The highest BCUT2D eigenvalue weighted by atomic mass is 79.9. The van der Waals surface area contributed by atoms with Gasteiger partial charge >= 0.3 is 0 Å². The minimum Gasteiger partial charge on any atom is -0.395 e. The Hall–Kier alpha value is 0.400. The molecule has 1 saturated heterocycles. The second-order valence-electron chi connectivity index (χ2n) is 4.79. The molecule has 1 N–H and O–H groups in total. The fourth-order valence-electron chi connectivity index (χ4n) is 2.45. The van der Waals surface area contributed by atoms with Crippen LogP contribution in [0.5, 0.6) is 0 Å². The average molecular weight is 278 g/mol. The highest BCUT2D eigenvalue weighted by molar-refractivity contribution is 9.09. The Morgan fingerprint density at radius 1 is 1.40 bits per heavy atom. The van der Waals surface area contributed by atoms with Crippen molar-refractivity contribution in [3.05, 3.63) is 0 Å². The van der Waals surface area contributed by atoms with Crippen molar-refractivity contribution < 1.29 is 5.11 Å². The molecular weight excluding hydrogens is 254 g/mol. The maximum atomic E-state index is 9.30. The van der Waals surface area contributed by atoms with E-state index in [0.29, 0.717) is 18.1 Å². The van der Waals surface area contributed by atoms with Crippen LogP contribution in [0.25, 0.3) is 0 Å². The third kappa shape index (κ3) is 3.18. The Labute approximate surface area is 102 Å². The molecule has 1 aliphatic rings. The first kappa shape index (κ1) is 13.5. The minimum atomic E-state index is 0.325. The molecule has 0 amide bonds. The van der Waals surface area contributed by atoms with Gasteiger partial charge in [-0.25, -0.2) is 0 Å². The lowest BCUT2D eigenvalue weighted by Gasteiger charge is -2.36. The van der Waals surface area contributed by atoms with Gasteiger partial charge in [-0.3, -0.25) is 4.90 Å². The van der Waals surface area contributed by atoms with Crippen LogP contribution in [0, 0.1) is 5.41 Å². The predicted octanol–water partition coefficient (Wildman–Crippen LogP) is 2.64. The van der Waals surface area contributed by atoms with Crippen LogP contribution in [0.4, 0.5) is 0 Å². The molecule has 1 atom stereocenters. The van der Waals surface area contributed by atoms with Crippen molar-refractivity contribution >= 4 is 15.9 Å². The van der Waals surface area contributed by atoms with Gasteiger partial charge in [-0.1, -0.05) is 29.8 Å². The largest absolute Gasteiger partial charge is 0.395 e. The Bertz CT molecular complexity index is 174. The number of hydrogen-bond donors (Lipinski definition) is 1. The Kier molecular flexibility index (Phi) is 5.58. The van der Waals surface area contributed by atoms with E-state index in [9.17, 15) is 5.11 Å². The second-order valence-corrected chi connectivity index (χ2v) is 5.35. The molecule has 1 fully saturated rings. The van der Waals surface area contributed by atoms with Crippen LogP contribution < -0.4 is 0 Å². The first-order chi connectivity index (χ1) is 7.21. The minimum absolute atomic E-state index is 0.325. The number of hydrogen-bond acceptors (Lipinski definition) is 2. The zero-order chi connectivity index (χ0) is 11.3. The standard InChI is InChI=1S/C12H24BrNO/c1-3-12(4-2,9-13)10-14-7-5-6-11(14)8-15/h11,15H,3-10H2,1-2H3. The summed E-state index contributed by atoms with van der Waals surface area (Å²) in [5.74, 6) is 0. The molecule has 1 unspecified atom stereocenters. The van der Waals surface area contributed by atoms with Gasteiger partial charge in [0.05, 0.1) is 6.61 Å². The van der Waals surface area contributed by atoms with Gasteiger partial charge in [-0.2, -0.15) is 0 Å². The molecule has 1 rings (SSSR count). The van der Waals surface area contributed by atoms with Crippen LogP contribution in [0.2, 0.25) is 0 Å². The smallest absolute Gasteiger partial charge is 0.0586 e. The van der Waals surface area contributed by atoms with Crippen LogP contribution in [0.3, 0.4) is 0 Å². The summed E-state index contributed by atoms with van der Waals surface area (Å²) < 4.78 is 0. The summed E-state index contributed by atoms with van der Waals surface area (Å²) >= 11 is 3.65. The number of alkyl halides is 1. The van der Waals surface area contributed by atoms with Crippen LogP contribution >= 0.6 is 15.9 Å². The van der Waals surface area contributed by atoms with Gasteiger partial charge in [0.2, 0.25) is 0 Å². The molecule has 0 spiro atoms. The molecule has 0 radical (unpaired) electrons. The molecule has 2 nitrogen and oxygen atoms in total. The highest BCUT2D eigenvalue weighted by Gasteiger charge is 2.32. The van der Waals surface area contributed by atoms with Crippen LogP contribution in [-0.2, 0) is 0 Å². The average Bonchev–Trinajstić information content (AvgIpc) is 2.73. The molecular formula is C12H24BrNO. The normalized spacial score (nSPS) is 23.6. The Morgan fingerprint density at radius 3 is 2.53 bits per heavy atom. The molecule has 1 aliphatic heterocycles. The summed E-state index contributed by atoms with van der Waals surface area (Å²) in [4.78, 5) is 2.48. The monoisotopic (exact) mass is 277 g/mol. The second kappa shape index (κ2) is 6.21. The molecule has 1 heterocycles. The molecule has 0 bridgehead atoms. The zero-order valence-electron chi connectivity index (χ0n) is 10.0. The third-order valence-electron chi connectivity index (χ3n) is 4.03. The number of rotatable bonds is 6. The van der Waals surface area contributed by atoms with E-state index >= 15 is 0 Å². The van der Waals surface area contributed by atoms with Crippen molar-refractivity contribution in [3.8, 4) is 0 Å². The predicted molar refractivity (Wildman–Crippen MR) is 68.5 cm³/mol. The van der Waals surface area contributed by atoms with E-state index < -0.39 is 0 Å². The lowest BCUT2D eigenvalue weighted by molar-refractivity contribution is 0.108. The number of aliphatic hydroxyl groups excluding tert-OH is 1. The van der Waals surface area contributed by atoms with Gasteiger partial charge in [0.25, 0.3) is 0 Å². The number of likely N-dealkylation sites (tertiary alicyclic amines) is 1. The molecule has 0 saturated carbocycles. The molecule has 15 heavy (non-hydrogen) atoms. The lowest BCUT2D eigenvalue weighted by Crippen LogP contribution is -2.42. The van der Waals surface area contributed by atoms with Gasteiger partial charge in [-0.15, -0.1) is 0 Å².